The molecule has 6 nitrogen and oxygen atoms in total. The van der Waals surface area contributed by atoms with Gasteiger partial charge >= 0.3 is 6.09 Å². The molecule has 6 heteroatoms. The molecule has 0 fully saturated rings. The van der Waals surface area contributed by atoms with E-state index in [1.165, 1.54) is 0 Å². The van der Waals surface area contributed by atoms with Crippen molar-refractivity contribution in [3.8, 4) is 11.8 Å². The average molecular weight is 329 g/mol. The molecule has 1 atom stereocenters. The number of alkyl carbamates (subject to hydrolysis) is 1. The van der Waals surface area contributed by atoms with E-state index < -0.39 is 11.7 Å². The summed E-state index contributed by atoms with van der Waals surface area (Å²) >= 11 is 0. The number of ether oxygens (including phenoxy) is 2. The second-order valence-corrected chi connectivity index (χ2v) is 6.65. The van der Waals surface area contributed by atoms with Gasteiger partial charge in [0.2, 0.25) is 0 Å². The first-order valence-electron chi connectivity index (χ1n) is 7.88. The highest BCUT2D eigenvalue weighted by Crippen LogP contribution is 2.31. The molecule has 1 aromatic carbocycles. The summed E-state index contributed by atoms with van der Waals surface area (Å²) in [6.07, 6.45) is 1.48. The van der Waals surface area contributed by atoms with Crippen LogP contribution in [0.2, 0.25) is 0 Å². The van der Waals surface area contributed by atoms with Gasteiger partial charge in [0.25, 0.3) is 0 Å². The van der Waals surface area contributed by atoms with Crippen LogP contribution in [0.1, 0.15) is 39.2 Å². The molecule has 1 heterocycles. The number of hydrogen-bond acceptors (Lipinski definition) is 4. The van der Waals surface area contributed by atoms with Gasteiger partial charge in [-0.3, -0.25) is 0 Å². The lowest BCUT2D eigenvalue weighted by molar-refractivity contribution is 0.0525. The second kappa shape index (κ2) is 7.26. The molecule has 24 heavy (non-hydrogen) atoms. The number of nitriles is 1. The number of nitrogens with one attached hydrogen (secondary N) is 2. The van der Waals surface area contributed by atoms with Gasteiger partial charge in [-0.05, 0) is 32.4 Å². The van der Waals surface area contributed by atoms with Gasteiger partial charge in [0.1, 0.15) is 17.4 Å². The van der Waals surface area contributed by atoms with Crippen molar-refractivity contribution in [1.29, 1.82) is 5.26 Å². The maximum Gasteiger partial charge on any atom is 0.407 e. The van der Waals surface area contributed by atoms with Gasteiger partial charge in [-0.15, -0.1) is 0 Å². The third kappa shape index (κ3) is 4.42. The number of aromatic amines is 1. The monoisotopic (exact) mass is 329 g/mol. The molecule has 0 aliphatic rings. The fraction of sp³-hybridized carbons (Fsp3) is 0.444. The zero-order valence-electron chi connectivity index (χ0n) is 14.5. The molecular formula is C18H23N3O3. The number of rotatable bonds is 5. The van der Waals surface area contributed by atoms with Gasteiger partial charge in [-0.2, -0.15) is 5.26 Å². The zero-order chi connectivity index (χ0) is 17.7. The molecular weight excluding hydrogens is 306 g/mol. The van der Waals surface area contributed by atoms with Crippen molar-refractivity contribution < 1.29 is 14.3 Å². The molecule has 1 amide bonds. The average Bonchev–Trinajstić information content (AvgIpc) is 2.93. The smallest absolute Gasteiger partial charge is 0.407 e. The van der Waals surface area contributed by atoms with Crippen molar-refractivity contribution in [1.82, 2.24) is 10.3 Å². The number of carbonyl (C=O) groups is 1. The fourth-order valence-electron chi connectivity index (χ4n) is 2.45. The lowest BCUT2D eigenvalue weighted by Crippen LogP contribution is -2.34. The predicted octanol–water partition coefficient (Wildman–Crippen LogP) is 3.70. The highest BCUT2D eigenvalue weighted by Gasteiger charge is 2.18. The minimum absolute atomic E-state index is 0.00319. The van der Waals surface area contributed by atoms with Crippen LogP contribution < -0.4 is 10.1 Å². The number of benzene rings is 1. The predicted molar refractivity (Wildman–Crippen MR) is 92.1 cm³/mol. The number of carbonyl (C=O) groups excluding carboxylic acids is 1. The van der Waals surface area contributed by atoms with E-state index in [1.807, 2.05) is 58.2 Å². The third-order valence-corrected chi connectivity index (χ3v) is 3.48. The van der Waals surface area contributed by atoms with Gasteiger partial charge in [0.05, 0.1) is 5.52 Å². The van der Waals surface area contributed by atoms with E-state index in [0.717, 1.165) is 16.5 Å². The number of para-hydroxylation sites is 1. The molecule has 0 saturated carbocycles. The van der Waals surface area contributed by atoms with Crippen molar-refractivity contribution in [3.63, 3.8) is 0 Å². The fourth-order valence-corrected chi connectivity index (χ4v) is 2.45. The Hall–Kier alpha value is -2.68. The molecule has 1 aromatic heterocycles. The van der Waals surface area contributed by atoms with Gasteiger partial charge in [-0.25, -0.2) is 4.79 Å². The van der Waals surface area contributed by atoms with E-state index >= 15 is 0 Å². The molecule has 0 aliphatic heterocycles. The van der Waals surface area contributed by atoms with Crippen LogP contribution in [0.15, 0.2) is 24.4 Å². The van der Waals surface area contributed by atoms with Gasteiger partial charge in [-0.1, -0.05) is 19.1 Å². The summed E-state index contributed by atoms with van der Waals surface area (Å²) in [6.45, 7) is 7.99. The number of fused-ring (bicyclic) bond motifs is 1. The summed E-state index contributed by atoms with van der Waals surface area (Å²) in [5, 5.41) is 12.5. The maximum absolute atomic E-state index is 11.8. The van der Waals surface area contributed by atoms with Crippen LogP contribution in [0.3, 0.4) is 0 Å². The van der Waals surface area contributed by atoms with Gasteiger partial charge < -0.3 is 19.8 Å². The van der Waals surface area contributed by atoms with Crippen LogP contribution in [-0.4, -0.2) is 29.8 Å². The Morgan fingerprint density at radius 1 is 1.42 bits per heavy atom. The Kier molecular flexibility index (Phi) is 5.35. The minimum Gasteiger partial charge on any atom is -0.477 e. The quantitative estimate of drug-likeness (QED) is 0.875. The van der Waals surface area contributed by atoms with Crippen LogP contribution >= 0.6 is 0 Å². The molecule has 0 radical (unpaired) electrons. The second-order valence-electron chi connectivity index (χ2n) is 6.65. The van der Waals surface area contributed by atoms with Crippen molar-refractivity contribution in [2.45, 2.75) is 39.2 Å². The highest BCUT2D eigenvalue weighted by molar-refractivity contribution is 5.88. The normalized spacial score (nSPS) is 12.5. The molecule has 2 aromatic rings. The van der Waals surface area contributed by atoms with Crippen LogP contribution in [0.4, 0.5) is 4.79 Å². The minimum atomic E-state index is -0.513. The number of hydrogen-bond donors (Lipinski definition) is 2. The van der Waals surface area contributed by atoms with Crippen LogP contribution in [-0.2, 0) is 4.74 Å². The summed E-state index contributed by atoms with van der Waals surface area (Å²) in [5.74, 6) is 0.741. The Balaban J connectivity index is 2.09. The van der Waals surface area contributed by atoms with Gasteiger partial charge in [0.15, 0.2) is 6.61 Å². The number of amides is 1. The molecule has 0 bridgehead atoms. The van der Waals surface area contributed by atoms with E-state index in [9.17, 15) is 4.79 Å². The molecule has 2 N–H and O–H groups in total. The molecule has 0 aliphatic carbocycles. The van der Waals surface area contributed by atoms with Gasteiger partial charge in [0, 0.05) is 24.0 Å². The Bertz CT molecular complexity index is 753. The van der Waals surface area contributed by atoms with Crippen molar-refractivity contribution in [3.05, 3.63) is 30.0 Å². The largest absolute Gasteiger partial charge is 0.477 e. The van der Waals surface area contributed by atoms with E-state index in [0.29, 0.717) is 12.3 Å². The number of H-pyrrole nitrogens is 1. The summed E-state index contributed by atoms with van der Waals surface area (Å²) < 4.78 is 10.7. The Morgan fingerprint density at radius 3 is 2.83 bits per heavy atom. The first-order valence-corrected chi connectivity index (χ1v) is 7.88. The molecule has 0 saturated heterocycles. The Labute approximate surface area is 141 Å². The summed E-state index contributed by atoms with van der Waals surface area (Å²) in [5.41, 5.74) is 1.41. The zero-order valence-corrected chi connectivity index (χ0v) is 14.5. The summed E-state index contributed by atoms with van der Waals surface area (Å²) in [4.78, 5) is 15.0. The first kappa shape index (κ1) is 17.7. The topological polar surface area (TPSA) is 87.1 Å². The van der Waals surface area contributed by atoms with Crippen molar-refractivity contribution in [2.75, 3.05) is 13.2 Å². The Morgan fingerprint density at radius 2 is 2.17 bits per heavy atom. The molecule has 2 rings (SSSR count). The van der Waals surface area contributed by atoms with Crippen molar-refractivity contribution >= 4 is 17.0 Å². The molecule has 0 spiro atoms. The summed E-state index contributed by atoms with van der Waals surface area (Å²) in [6, 6.07) is 7.67. The lowest BCUT2D eigenvalue weighted by atomic mass is 10.0. The van der Waals surface area contributed by atoms with E-state index in [4.69, 9.17) is 14.7 Å². The van der Waals surface area contributed by atoms with Crippen LogP contribution in [0, 0.1) is 11.3 Å². The standard InChI is InChI=1S/C18H23N3O3/c1-12(10-21-17(22)24-18(2,3)4)14-11-20-16-13(14)6-5-7-15(16)23-9-8-19/h5-7,11-12,20H,9-10H2,1-4H3,(H,21,22)/t12-/m1/s1. The van der Waals surface area contributed by atoms with Crippen molar-refractivity contribution in [2.24, 2.45) is 0 Å². The molecule has 0 unspecified atom stereocenters. The lowest BCUT2D eigenvalue weighted by Gasteiger charge is -2.20. The number of nitrogens with zero attached hydrogens (tertiary/aromatic N) is 1. The third-order valence-electron chi connectivity index (χ3n) is 3.48. The maximum atomic E-state index is 11.8. The van der Waals surface area contributed by atoms with Crippen LogP contribution in [0.5, 0.6) is 5.75 Å². The summed E-state index contributed by atoms with van der Waals surface area (Å²) in [7, 11) is 0. The number of aromatic nitrogens is 1. The van der Waals surface area contributed by atoms with E-state index in [1.54, 1.807) is 0 Å². The molecule has 128 valence electrons. The highest BCUT2D eigenvalue weighted by atomic mass is 16.6. The van der Waals surface area contributed by atoms with Crippen LogP contribution in [0.25, 0.3) is 10.9 Å². The van der Waals surface area contributed by atoms with E-state index in [2.05, 4.69) is 10.3 Å². The SMILES string of the molecule is C[C@H](CNC(=O)OC(C)(C)C)c1c[nH]c2c(OCC#N)cccc12. The first-order chi connectivity index (χ1) is 11.3. The van der Waals surface area contributed by atoms with E-state index in [-0.39, 0.29) is 12.5 Å².